The number of esters is 1. The first-order chi connectivity index (χ1) is 13.4. The van der Waals surface area contributed by atoms with Gasteiger partial charge in [-0.1, -0.05) is 24.3 Å². The molecule has 0 saturated heterocycles. The minimum Gasteiger partial charge on any atom is -0.465 e. The maximum Gasteiger partial charge on any atom is 0.325 e. The van der Waals surface area contributed by atoms with Crippen LogP contribution >= 0.6 is 0 Å². The fraction of sp³-hybridized carbons (Fsp3) is 0.263. The maximum atomic E-state index is 12.9. The fourth-order valence-electron chi connectivity index (χ4n) is 2.94. The van der Waals surface area contributed by atoms with Crippen molar-refractivity contribution in [3.05, 3.63) is 54.1 Å². The Morgan fingerprint density at radius 1 is 1.14 bits per heavy atom. The number of fused-ring (bicyclic) bond motifs is 1. The average molecular weight is 403 g/mol. The Morgan fingerprint density at radius 3 is 2.61 bits per heavy atom. The molecule has 8 nitrogen and oxygen atoms in total. The van der Waals surface area contributed by atoms with Crippen LogP contribution in [0, 0.1) is 0 Å². The number of hydrogen-bond acceptors (Lipinski definition) is 5. The topological polar surface area (TPSA) is 105 Å². The molecule has 2 aromatic carbocycles. The van der Waals surface area contributed by atoms with Crippen LogP contribution in [-0.4, -0.2) is 40.1 Å². The Bertz CT molecular complexity index is 976. The van der Waals surface area contributed by atoms with E-state index >= 15 is 0 Å². The Hall–Kier alpha value is -3.07. The predicted octanol–water partition coefficient (Wildman–Crippen LogP) is 2.12. The lowest BCUT2D eigenvalue weighted by Crippen LogP contribution is -2.34. The SMILES string of the molecule is CCOC(=O)CNC(=O)Nc1ccc2c(c1)N(S(=O)(=O)c1ccccc1)CC2. The first-order valence-corrected chi connectivity index (χ1v) is 10.3. The fourth-order valence-corrected chi connectivity index (χ4v) is 4.45. The van der Waals surface area contributed by atoms with Gasteiger partial charge in [0.2, 0.25) is 0 Å². The Balaban J connectivity index is 1.75. The molecule has 3 rings (SSSR count). The molecule has 2 N–H and O–H groups in total. The quantitative estimate of drug-likeness (QED) is 0.719. The van der Waals surface area contributed by atoms with E-state index in [1.807, 2.05) is 0 Å². The minimum atomic E-state index is -3.68. The van der Waals surface area contributed by atoms with Gasteiger partial charge in [0.1, 0.15) is 6.54 Å². The molecule has 0 radical (unpaired) electrons. The molecule has 1 aliphatic rings. The van der Waals surface area contributed by atoms with Crippen LogP contribution in [0.25, 0.3) is 0 Å². The summed E-state index contributed by atoms with van der Waals surface area (Å²) in [6.45, 7) is 2.00. The lowest BCUT2D eigenvalue weighted by Gasteiger charge is -2.20. The highest BCUT2D eigenvalue weighted by molar-refractivity contribution is 7.92. The zero-order chi connectivity index (χ0) is 20.1. The highest BCUT2D eigenvalue weighted by atomic mass is 32.2. The van der Waals surface area contributed by atoms with Gasteiger partial charge in [0.15, 0.2) is 0 Å². The second-order valence-corrected chi connectivity index (χ2v) is 7.96. The van der Waals surface area contributed by atoms with Crippen molar-refractivity contribution in [1.82, 2.24) is 5.32 Å². The molecule has 1 heterocycles. The van der Waals surface area contributed by atoms with Crippen LogP contribution < -0.4 is 14.9 Å². The molecular weight excluding hydrogens is 382 g/mol. The molecule has 0 aromatic heterocycles. The summed E-state index contributed by atoms with van der Waals surface area (Å²) in [5.41, 5.74) is 1.85. The number of anilines is 2. The second-order valence-electron chi connectivity index (χ2n) is 6.10. The minimum absolute atomic E-state index is 0.216. The summed E-state index contributed by atoms with van der Waals surface area (Å²) >= 11 is 0. The number of amides is 2. The molecule has 0 spiro atoms. The van der Waals surface area contributed by atoms with Gasteiger partial charge in [0.05, 0.1) is 17.2 Å². The third-order valence-corrected chi connectivity index (χ3v) is 6.05. The largest absolute Gasteiger partial charge is 0.465 e. The highest BCUT2D eigenvalue weighted by Crippen LogP contribution is 2.34. The molecule has 0 unspecified atom stereocenters. The summed E-state index contributed by atoms with van der Waals surface area (Å²) < 4.78 is 32.0. The Labute approximate surface area is 163 Å². The number of urea groups is 1. The molecule has 148 valence electrons. The van der Waals surface area contributed by atoms with Crippen molar-refractivity contribution in [3.63, 3.8) is 0 Å². The van der Waals surface area contributed by atoms with Crippen molar-refractivity contribution in [2.75, 3.05) is 29.3 Å². The molecule has 28 heavy (non-hydrogen) atoms. The van der Waals surface area contributed by atoms with Crippen LogP contribution in [0.4, 0.5) is 16.2 Å². The molecule has 2 aromatic rings. The van der Waals surface area contributed by atoms with Crippen LogP contribution in [-0.2, 0) is 26.0 Å². The van der Waals surface area contributed by atoms with Crippen molar-refractivity contribution >= 4 is 33.4 Å². The van der Waals surface area contributed by atoms with Gasteiger partial charge in [-0.2, -0.15) is 0 Å². The number of nitrogens with zero attached hydrogens (tertiary/aromatic N) is 1. The highest BCUT2D eigenvalue weighted by Gasteiger charge is 2.31. The number of rotatable bonds is 6. The summed E-state index contributed by atoms with van der Waals surface area (Å²) in [6.07, 6.45) is 0.594. The zero-order valence-corrected chi connectivity index (χ0v) is 16.2. The smallest absolute Gasteiger partial charge is 0.325 e. The number of ether oxygens (including phenoxy) is 1. The normalized spacial score (nSPS) is 13.0. The first kappa shape index (κ1) is 19.7. The summed E-state index contributed by atoms with van der Waals surface area (Å²) in [5.74, 6) is -0.535. The number of nitrogens with one attached hydrogen (secondary N) is 2. The van der Waals surface area contributed by atoms with Gasteiger partial charge in [-0.05, 0) is 43.2 Å². The summed E-state index contributed by atoms with van der Waals surface area (Å²) in [5, 5.41) is 5.00. The Morgan fingerprint density at radius 2 is 1.89 bits per heavy atom. The molecule has 2 amide bonds. The van der Waals surface area contributed by atoms with Crippen LogP contribution in [0.1, 0.15) is 12.5 Å². The molecule has 9 heteroatoms. The molecule has 0 fully saturated rings. The van der Waals surface area contributed by atoms with Gasteiger partial charge in [-0.25, -0.2) is 13.2 Å². The van der Waals surface area contributed by atoms with E-state index in [1.54, 1.807) is 55.5 Å². The van der Waals surface area contributed by atoms with Gasteiger partial charge in [0.25, 0.3) is 10.0 Å². The van der Waals surface area contributed by atoms with E-state index in [0.29, 0.717) is 24.3 Å². The van der Waals surface area contributed by atoms with Gasteiger partial charge in [0, 0.05) is 12.2 Å². The molecular formula is C19H21N3O5S. The van der Waals surface area contributed by atoms with E-state index in [2.05, 4.69) is 10.6 Å². The van der Waals surface area contributed by atoms with Gasteiger partial charge in [-0.15, -0.1) is 0 Å². The van der Waals surface area contributed by atoms with Crippen LogP contribution in [0.2, 0.25) is 0 Å². The van der Waals surface area contributed by atoms with Gasteiger partial charge in [-0.3, -0.25) is 9.10 Å². The molecule has 0 saturated carbocycles. The molecule has 1 aliphatic heterocycles. The first-order valence-electron chi connectivity index (χ1n) is 8.83. The van der Waals surface area contributed by atoms with E-state index in [0.717, 1.165) is 5.56 Å². The standard InChI is InChI=1S/C19H21N3O5S/c1-2-27-18(23)13-20-19(24)21-15-9-8-14-10-11-22(17(14)12-15)28(25,26)16-6-4-3-5-7-16/h3-9,12H,2,10-11,13H2,1H3,(H2,20,21,24). The van der Waals surface area contributed by atoms with Crippen molar-refractivity contribution < 1.29 is 22.7 Å². The van der Waals surface area contributed by atoms with Gasteiger partial charge < -0.3 is 15.4 Å². The van der Waals surface area contributed by atoms with E-state index in [-0.39, 0.29) is 18.0 Å². The summed E-state index contributed by atoms with van der Waals surface area (Å²) in [6, 6.07) is 12.7. The van der Waals surface area contributed by atoms with Crippen LogP contribution in [0.5, 0.6) is 0 Å². The van der Waals surface area contributed by atoms with Gasteiger partial charge >= 0.3 is 12.0 Å². The predicted molar refractivity (Wildman–Crippen MR) is 105 cm³/mol. The van der Waals surface area contributed by atoms with Crippen molar-refractivity contribution in [3.8, 4) is 0 Å². The van der Waals surface area contributed by atoms with Crippen molar-refractivity contribution in [2.45, 2.75) is 18.2 Å². The number of benzene rings is 2. The summed E-state index contributed by atoms with van der Waals surface area (Å²) in [4.78, 5) is 23.5. The average Bonchev–Trinajstić information content (AvgIpc) is 3.11. The Kier molecular flexibility index (Phi) is 5.84. The summed E-state index contributed by atoms with van der Waals surface area (Å²) in [7, 11) is -3.68. The van der Waals surface area contributed by atoms with E-state index in [4.69, 9.17) is 4.74 Å². The molecule has 0 bridgehead atoms. The van der Waals surface area contributed by atoms with Crippen molar-refractivity contribution in [2.24, 2.45) is 0 Å². The van der Waals surface area contributed by atoms with E-state index < -0.39 is 22.0 Å². The number of carbonyl (C=O) groups excluding carboxylic acids is 2. The third kappa shape index (κ3) is 4.25. The molecule has 0 atom stereocenters. The second kappa shape index (κ2) is 8.30. The van der Waals surface area contributed by atoms with Crippen LogP contribution in [0.3, 0.4) is 0 Å². The van der Waals surface area contributed by atoms with Crippen LogP contribution in [0.15, 0.2) is 53.4 Å². The molecule has 0 aliphatic carbocycles. The maximum absolute atomic E-state index is 12.9. The lowest BCUT2D eigenvalue weighted by molar-refractivity contribution is -0.141. The monoisotopic (exact) mass is 403 g/mol. The lowest BCUT2D eigenvalue weighted by atomic mass is 10.1. The van der Waals surface area contributed by atoms with E-state index in [1.165, 1.54) is 4.31 Å². The number of sulfonamides is 1. The van der Waals surface area contributed by atoms with E-state index in [9.17, 15) is 18.0 Å². The number of carbonyl (C=O) groups is 2. The van der Waals surface area contributed by atoms with Crippen molar-refractivity contribution in [1.29, 1.82) is 0 Å². The third-order valence-electron chi connectivity index (χ3n) is 4.23. The zero-order valence-electron chi connectivity index (χ0n) is 15.3. The number of hydrogen-bond donors (Lipinski definition) is 2.